The van der Waals surface area contributed by atoms with E-state index in [1.165, 1.54) is 24.3 Å². The van der Waals surface area contributed by atoms with E-state index in [4.69, 9.17) is 0 Å². The van der Waals surface area contributed by atoms with Crippen LogP contribution in [0.2, 0.25) is 0 Å². The van der Waals surface area contributed by atoms with Crippen molar-refractivity contribution in [1.29, 1.82) is 0 Å². The Hall–Kier alpha value is -4.58. The van der Waals surface area contributed by atoms with Gasteiger partial charge in [-0.25, -0.2) is 0 Å². The summed E-state index contributed by atoms with van der Waals surface area (Å²) in [6.07, 6.45) is 3.35. The predicted molar refractivity (Wildman–Crippen MR) is 165 cm³/mol. The smallest absolute Gasteiger partial charge is 0.269 e. The van der Waals surface area contributed by atoms with Crippen molar-refractivity contribution in [3.63, 3.8) is 0 Å². The van der Waals surface area contributed by atoms with Gasteiger partial charge >= 0.3 is 0 Å². The molecule has 1 saturated heterocycles. The summed E-state index contributed by atoms with van der Waals surface area (Å²) in [7, 11) is 0. The molecule has 12 heteroatoms. The maximum Gasteiger partial charge on any atom is 0.269 e. The Morgan fingerprint density at radius 1 is 1.14 bits per heavy atom. The van der Waals surface area contributed by atoms with Crippen LogP contribution >= 0.6 is 0 Å². The van der Waals surface area contributed by atoms with Crippen molar-refractivity contribution in [2.75, 3.05) is 19.6 Å². The standard InChI is InChI=1S/C32H40N6O6/c1-3-6-21(2)17-30(40)28(19-33-32(42)27-18-26(35-36-27)25-7-4-5-8-29(25)39)34-31(41)23-13-15-37(16-14-23)20-22-9-11-24(12-10-22)38(43)44/h4-5,7-12,18,21,23,28,39H,3,6,13-17,19-20H2,1-2H3,(H,33,42)(H,34,41)(H,35,36). The van der Waals surface area contributed by atoms with Crippen LogP contribution in [0.25, 0.3) is 11.3 Å². The number of hydrogen-bond donors (Lipinski definition) is 4. The van der Waals surface area contributed by atoms with Crippen LogP contribution in [0.15, 0.2) is 54.6 Å². The molecule has 4 rings (SSSR count). The highest BCUT2D eigenvalue weighted by atomic mass is 16.6. The first-order valence-electron chi connectivity index (χ1n) is 15.0. The van der Waals surface area contributed by atoms with Gasteiger partial charge in [-0.05, 0) is 55.6 Å². The zero-order chi connectivity index (χ0) is 31.6. The molecule has 12 nitrogen and oxygen atoms in total. The fourth-order valence-electron chi connectivity index (χ4n) is 5.51. The number of carbonyl (C=O) groups excluding carboxylic acids is 3. The molecule has 2 heterocycles. The fraction of sp³-hybridized carbons (Fsp3) is 0.438. The molecular formula is C32H40N6O6. The number of nitrogens with one attached hydrogen (secondary N) is 3. The molecule has 1 fully saturated rings. The van der Waals surface area contributed by atoms with Crippen LogP contribution in [0.1, 0.15) is 62.0 Å². The number of piperidine rings is 1. The number of nitro benzene ring substituents is 1. The van der Waals surface area contributed by atoms with E-state index in [-0.39, 0.29) is 47.2 Å². The van der Waals surface area contributed by atoms with Gasteiger partial charge in [0, 0.05) is 43.1 Å². The zero-order valence-corrected chi connectivity index (χ0v) is 25.1. The zero-order valence-electron chi connectivity index (χ0n) is 25.1. The van der Waals surface area contributed by atoms with Gasteiger partial charge in [0.05, 0.1) is 10.6 Å². The number of phenols is 1. The minimum absolute atomic E-state index is 0.0395. The Balaban J connectivity index is 1.34. The molecule has 234 valence electrons. The second-order valence-electron chi connectivity index (χ2n) is 11.5. The Kier molecular flexibility index (Phi) is 11.2. The largest absolute Gasteiger partial charge is 0.507 e. The third-order valence-electron chi connectivity index (χ3n) is 8.02. The number of amides is 2. The van der Waals surface area contributed by atoms with Crippen molar-refractivity contribution in [2.45, 2.75) is 58.5 Å². The van der Waals surface area contributed by atoms with Crippen molar-refractivity contribution in [2.24, 2.45) is 11.8 Å². The number of ketones is 1. The third-order valence-corrected chi connectivity index (χ3v) is 8.02. The van der Waals surface area contributed by atoms with Crippen LogP contribution < -0.4 is 10.6 Å². The van der Waals surface area contributed by atoms with Gasteiger partial charge in [0.2, 0.25) is 5.91 Å². The Morgan fingerprint density at radius 2 is 1.84 bits per heavy atom. The number of aromatic hydroxyl groups is 1. The highest BCUT2D eigenvalue weighted by molar-refractivity contribution is 5.95. The average molecular weight is 605 g/mol. The van der Waals surface area contributed by atoms with Crippen LogP contribution in [-0.4, -0.2) is 68.4 Å². The first-order valence-corrected chi connectivity index (χ1v) is 15.0. The number of likely N-dealkylation sites (tertiary alicyclic amines) is 1. The molecule has 0 radical (unpaired) electrons. The molecule has 44 heavy (non-hydrogen) atoms. The number of H-pyrrole nitrogens is 1. The minimum atomic E-state index is -0.871. The van der Waals surface area contributed by atoms with E-state index in [1.54, 1.807) is 30.3 Å². The fourth-order valence-corrected chi connectivity index (χ4v) is 5.51. The van der Waals surface area contributed by atoms with Gasteiger partial charge < -0.3 is 15.7 Å². The SMILES string of the molecule is CCCC(C)CC(=O)C(CNC(=O)c1cc(-c2ccccc2O)n[nH]1)NC(=O)C1CCN(Cc2ccc([N+](=O)[O-])cc2)CC1. The van der Waals surface area contributed by atoms with Crippen LogP contribution in [0.4, 0.5) is 5.69 Å². The number of rotatable bonds is 14. The lowest BCUT2D eigenvalue weighted by atomic mass is 9.93. The van der Waals surface area contributed by atoms with Crippen molar-refractivity contribution in [1.82, 2.24) is 25.7 Å². The lowest BCUT2D eigenvalue weighted by Crippen LogP contribution is -2.51. The van der Waals surface area contributed by atoms with Crippen LogP contribution in [0.5, 0.6) is 5.75 Å². The molecular weight excluding hydrogens is 564 g/mol. The number of phenolic OH excluding ortho intramolecular Hbond substituents is 1. The van der Waals surface area contributed by atoms with Gasteiger partial charge in [0.25, 0.3) is 11.6 Å². The second-order valence-corrected chi connectivity index (χ2v) is 11.5. The molecule has 2 unspecified atom stereocenters. The summed E-state index contributed by atoms with van der Waals surface area (Å²) >= 11 is 0. The van der Waals surface area contributed by atoms with Gasteiger partial charge in [-0.1, -0.05) is 51.0 Å². The average Bonchev–Trinajstić information content (AvgIpc) is 3.50. The Morgan fingerprint density at radius 3 is 2.50 bits per heavy atom. The molecule has 2 amide bonds. The van der Waals surface area contributed by atoms with E-state index in [0.29, 0.717) is 50.2 Å². The first kappa shape index (κ1) is 32.3. The normalized spacial score (nSPS) is 15.3. The highest BCUT2D eigenvalue weighted by Gasteiger charge is 2.30. The summed E-state index contributed by atoms with van der Waals surface area (Å²) in [6, 6.07) is 13.8. The summed E-state index contributed by atoms with van der Waals surface area (Å²) in [4.78, 5) is 52.2. The minimum Gasteiger partial charge on any atom is -0.507 e. The summed E-state index contributed by atoms with van der Waals surface area (Å²) in [6.45, 7) is 5.99. The Bertz CT molecular complexity index is 1450. The van der Waals surface area contributed by atoms with E-state index >= 15 is 0 Å². The number of aromatic amines is 1. The topological polar surface area (TPSA) is 171 Å². The number of Topliss-reactive ketones (excluding diaryl/α,β-unsaturated/α-hetero) is 1. The number of non-ortho nitro benzene ring substituents is 1. The number of para-hydroxylation sites is 1. The maximum absolute atomic E-state index is 13.3. The van der Waals surface area contributed by atoms with Gasteiger partial charge in [-0.3, -0.25) is 34.5 Å². The number of nitro groups is 1. The van der Waals surface area contributed by atoms with Crippen molar-refractivity contribution in [3.8, 4) is 17.0 Å². The molecule has 1 aliphatic rings. The molecule has 0 saturated carbocycles. The second kappa shape index (κ2) is 15.2. The summed E-state index contributed by atoms with van der Waals surface area (Å²) in [5.41, 5.74) is 2.07. The molecule has 4 N–H and O–H groups in total. The number of hydrogen-bond acceptors (Lipinski definition) is 8. The molecule has 0 bridgehead atoms. The summed E-state index contributed by atoms with van der Waals surface area (Å²) in [5.74, 6) is -0.895. The number of benzene rings is 2. The van der Waals surface area contributed by atoms with Crippen LogP contribution in [-0.2, 0) is 16.1 Å². The van der Waals surface area contributed by atoms with Crippen LogP contribution in [0, 0.1) is 22.0 Å². The highest BCUT2D eigenvalue weighted by Crippen LogP contribution is 2.27. The molecule has 0 aliphatic carbocycles. The molecule has 0 spiro atoms. The van der Waals surface area contributed by atoms with Crippen molar-refractivity contribution in [3.05, 3.63) is 76.0 Å². The molecule has 2 aromatic carbocycles. The number of nitrogens with zero attached hydrogens (tertiary/aromatic N) is 3. The quantitative estimate of drug-likeness (QED) is 0.157. The van der Waals surface area contributed by atoms with Crippen molar-refractivity contribution >= 4 is 23.3 Å². The lowest BCUT2D eigenvalue weighted by molar-refractivity contribution is -0.384. The van der Waals surface area contributed by atoms with Gasteiger partial charge in [-0.15, -0.1) is 0 Å². The monoisotopic (exact) mass is 604 g/mol. The van der Waals surface area contributed by atoms with Gasteiger partial charge in [-0.2, -0.15) is 5.10 Å². The first-order chi connectivity index (χ1) is 21.1. The molecule has 1 aliphatic heterocycles. The summed E-state index contributed by atoms with van der Waals surface area (Å²) in [5, 5.41) is 33.5. The Labute approximate surface area is 256 Å². The molecule has 1 aromatic heterocycles. The third kappa shape index (κ3) is 8.73. The van der Waals surface area contributed by atoms with Crippen molar-refractivity contribution < 1.29 is 24.4 Å². The molecule has 2 atom stereocenters. The van der Waals surface area contributed by atoms with E-state index < -0.39 is 16.9 Å². The number of aromatic nitrogens is 2. The molecule has 3 aromatic rings. The number of carbonyl (C=O) groups is 3. The van der Waals surface area contributed by atoms with E-state index in [9.17, 15) is 29.6 Å². The summed E-state index contributed by atoms with van der Waals surface area (Å²) < 4.78 is 0. The lowest BCUT2D eigenvalue weighted by Gasteiger charge is -2.32. The van der Waals surface area contributed by atoms with E-state index in [2.05, 4.69) is 32.7 Å². The van der Waals surface area contributed by atoms with Gasteiger partial charge in [0.1, 0.15) is 17.5 Å². The van der Waals surface area contributed by atoms with E-state index in [0.717, 1.165) is 18.4 Å². The van der Waals surface area contributed by atoms with Gasteiger partial charge in [0.15, 0.2) is 5.78 Å². The van der Waals surface area contributed by atoms with E-state index in [1.807, 2.05) is 6.92 Å². The predicted octanol–water partition coefficient (Wildman–Crippen LogP) is 4.21. The maximum atomic E-state index is 13.3. The van der Waals surface area contributed by atoms with Crippen LogP contribution in [0.3, 0.4) is 0 Å².